The molecule has 0 radical (unpaired) electrons. The van der Waals surface area contributed by atoms with Gasteiger partial charge in [-0.25, -0.2) is 23.5 Å². The molecule has 0 bridgehead atoms. The lowest BCUT2D eigenvalue weighted by Crippen LogP contribution is -2.33. The molecule has 4 aromatic carbocycles. The number of rotatable bonds is 19. The first-order valence-electron chi connectivity index (χ1n) is 19.4. The topological polar surface area (TPSA) is 234 Å². The molecule has 1 saturated heterocycles. The van der Waals surface area contributed by atoms with Gasteiger partial charge >= 0.3 is 39.2 Å². The number of carbonyl (C=O) groups excluding carboxylic acids is 3. The minimum Gasteiger partial charge on any atom is -0.459 e. The maximum absolute atomic E-state index is 14.2. The Morgan fingerprint density at radius 2 is 1.33 bits per heavy atom. The van der Waals surface area contributed by atoms with Crippen LogP contribution < -0.4 is 20.7 Å². The molecule has 1 fully saturated rings. The van der Waals surface area contributed by atoms with Crippen molar-refractivity contribution in [3.63, 3.8) is 0 Å². The van der Waals surface area contributed by atoms with E-state index in [1.807, 2.05) is 0 Å². The van der Waals surface area contributed by atoms with Gasteiger partial charge in [0.25, 0.3) is 5.56 Å². The summed E-state index contributed by atoms with van der Waals surface area (Å²) in [5.41, 5.74) is -0.0468. The summed E-state index contributed by atoms with van der Waals surface area (Å²) < 4.78 is 72.6. The Morgan fingerprint density at radius 1 is 0.812 bits per heavy atom. The third-order valence-corrected chi connectivity index (χ3v) is 12.4. The number of halogens is 1. The number of ether oxygens (including phenoxy) is 4. The summed E-state index contributed by atoms with van der Waals surface area (Å²) in [6, 6.07) is 28.4. The molecule has 18 nitrogen and oxygen atoms in total. The van der Waals surface area contributed by atoms with Crippen molar-refractivity contribution < 1.29 is 65.2 Å². The van der Waals surface area contributed by atoms with Crippen LogP contribution in [0.4, 0.5) is 0 Å². The molecule has 0 amide bonds. The van der Waals surface area contributed by atoms with Crippen LogP contribution in [0, 0.1) is 5.92 Å². The smallest absolute Gasteiger partial charge is 0.459 e. The van der Waals surface area contributed by atoms with Crippen LogP contribution in [-0.2, 0) is 54.5 Å². The summed E-state index contributed by atoms with van der Waals surface area (Å²) >= 11 is 3.09. The highest BCUT2D eigenvalue weighted by Gasteiger charge is 2.44. The van der Waals surface area contributed by atoms with Gasteiger partial charge in [-0.3, -0.25) is 32.7 Å². The molecule has 2 unspecified atom stereocenters. The average molecular weight is 984 g/mol. The van der Waals surface area contributed by atoms with Crippen molar-refractivity contribution in [1.29, 1.82) is 0 Å². The molecule has 1 aromatic heterocycles. The van der Waals surface area contributed by atoms with E-state index in [4.69, 9.17) is 36.8 Å². The van der Waals surface area contributed by atoms with Crippen molar-refractivity contribution in [3.05, 3.63) is 169 Å². The molecule has 5 aromatic rings. The zero-order valence-corrected chi connectivity index (χ0v) is 37.4. The van der Waals surface area contributed by atoms with E-state index in [0.29, 0.717) is 22.3 Å². The monoisotopic (exact) mass is 982 g/mol. The maximum atomic E-state index is 14.2. The number of hydrogen-bond acceptors (Lipinski definition) is 15. The molecular weight excluding hydrogens is 942 g/mol. The first-order chi connectivity index (χ1) is 30.6. The van der Waals surface area contributed by atoms with Crippen molar-refractivity contribution in [1.82, 2.24) is 9.55 Å². The number of aromatic amines is 1. The molecule has 0 saturated carbocycles. The van der Waals surface area contributed by atoms with E-state index in [2.05, 4.69) is 20.9 Å². The number of nitrogens with zero attached hydrogens (tertiary/aromatic N) is 1. The highest BCUT2D eigenvalue weighted by Crippen LogP contribution is 2.64. The second kappa shape index (κ2) is 21.9. The molecule has 64 heavy (non-hydrogen) atoms. The fraction of sp³-hybridized carbons (Fsp3) is 0.233. The summed E-state index contributed by atoms with van der Waals surface area (Å²) in [6.45, 7) is 1.38. The first kappa shape index (κ1) is 47.9. The van der Waals surface area contributed by atoms with E-state index in [-0.39, 0.29) is 23.5 Å². The summed E-state index contributed by atoms with van der Waals surface area (Å²) in [5.74, 6) is -2.04. The third-order valence-electron chi connectivity index (χ3n) is 9.14. The molecule has 2 heterocycles. The van der Waals surface area contributed by atoms with Gasteiger partial charge in [-0.2, -0.15) is 4.31 Å². The molecule has 336 valence electrons. The Bertz CT molecular complexity index is 2550. The molecule has 2 N–H and O–H groups in total. The van der Waals surface area contributed by atoms with Crippen molar-refractivity contribution in [2.24, 2.45) is 5.92 Å². The SMILES string of the molecule is CC(C)C(=O)OC1C[C@H](n2cc(/C=C/Br)c(=O)[nH]c2=O)O[C@@H]1COP(=O)(O)OP(=O)(OCc1ccc(OC(=O)c2ccccc2)cc1)OCc1ccc(OC(=O)c2ccccc2)cc1. The van der Waals surface area contributed by atoms with Gasteiger partial charge in [0, 0.05) is 12.6 Å². The number of aromatic nitrogens is 2. The van der Waals surface area contributed by atoms with Crippen molar-refractivity contribution in [2.75, 3.05) is 6.61 Å². The molecule has 6 rings (SSSR count). The second-order valence-electron chi connectivity index (χ2n) is 14.2. The molecule has 21 heteroatoms. The van der Waals surface area contributed by atoms with Crippen LogP contribution in [0.3, 0.4) is 0 Å². The number of phosphoric ester groups is 2. The predicted octanol–water partition coefficient (Wildman–Crippen LogP) is 7.87. The van der Waals surface area contributed by atoms with Gasteiger partial charge in [0.05, 0.1) is 42.4 Å². The zero-order valence-electron chi connectivity index (χ0n) is 34.1. The zero-order chi connectivity index (χ0) is 45.9. The lowest BCUT2D eigenvalue weighted by Gasteiger charge is -2.23. The molecule has 1 aliphatic heterocycles. The van der Waals surface area contributed by atoms with Gasteiger partial charge in [-0.05, 0) is 70.7 Å². The molecule has 1 aliphatic rings. The Hall–Kier alpha value is -5.59. The van der Waals surface area contributed by atoms with Crippen molar-refractivity contribution in [2.45, 2.75) is 51.9 Å². The summed E-state index contributed by atoms with van der Waals surface area (Å²) in [7, 11) is -10.4. The van der Waals surface area contributed by atoms with Gasteiger partial charge in [0.15, 0.2) is 0 Å². The summed E-state index contributed by atoms with van der Waals surface area (Å²) in [5, 5.41) is 0. The predicted molar refractivity (Wildman–Crippen MR) is 232 cm³/mol. The number of hydrogen-bond donors (Lipinski definition) is 2. The number of nitrogens with one attached hydrogen (secondary N) is 1. The fourth-order valence-corrected chi connectivity index (χ4v) is 8.71. The van der Waals surface area contributed by atoms with E-state index in [0.717, 1.165) is 4.57 Å². The summed E-state index contributed by atoms with van der Waals surface area (Å²) in [4.78, 5) is 77.3. The van der Waals surface area contributed by atoms with E-state index in [1.165, 1.54) is 65.8 Å². The number of phosphoric acid groups is 2. The Labute approximate surface area is 374 Å². The summed E-state index contributed by atoms with van der Waals surface area (Å²) in [6.07, 6.45) is -1.06. The van der Waals surface area contributed by atoms with Crippen molar-refractivity contribution in [3.8, 4) is 11.5 Å². The fourth-order valence-electron chi connectivity index (χ4n) is 5.83. The van der Waals surface area contributed by atoms with Crippen LogP contribution in [0.25, 0.3) is 6.08 Å². The minimum atomic E-state index is -5.40. The second-order valence-corrected chi connectivity index (χ2v) is 18.0. The lowest BCUT2D eigenvalue weighted by atomic mass is 10.1. The minimum absolute atomic E-state index is 0.0874. The third kappa shape index (κ3) is 13.5. The van der Waals surface area contributed by atoms with Crippen LogP contribution in [0.15, 0.2) is 130 Å². The van der Waals surface area contributed by atoms with Crippen molar-refractivity contribution >= 4 is 55.6 Å². The van der Waals surface area contributed by atoms with Gasteiger partial charge in [-0.15, -0.1) is 0 Å². The van der Waals surface area contributed by atoms with Gasteiger partial charge in [0.2, 0.25) is 0 Å². The standard InChI is InChI=1S/C43H41BrN2O16P2/c1-28(2)40(48)61-36-23-38(46-24-33(21-22-44)39(47)45-43(46)51)60-37(36)27-55-63(52,53)62-64(54,56-25-29-13-17-34(18-14-29)58-41(49)31-9-5-3-6-10-31)57-26-30-15-19-35(20-16-30)59-42(50)32-11-7-4-8-12-32/h3-22,24,28,36-38H,23,25-27H2,1-2H3,(H,52,53)(H,45,47,51)/b22-21+/t36?,37-,38-/m1/s1. The first-order valence-corrected chi connectivity index (χ1v) is 23.3. The largest absolute Gasteiger partial charge is 0.484 e. The van der Waals surface area contributed by atoms with Gasteiger partial charge in [-0.1, -0.05) is 90.4 Å². The van der Waals surface area contributed by atoms with Crippen LogP contribution >= 0.6 is 31.6 Å². The van der Waals surface area contributed by atoms with Crippen LogP contribution in [0.1, 0.15) is 63.9 Å². The van der Waals surface area contributed by atoms with Gasteiger partial charge in [0.1, 0.15) is 29.9 Å². The van der Waals surface area contributed by atoms with Crippen LogP contribution in [0.2, 0.25) is 0 Å². The van der Waals surface area contributed by atoms with Crippen LogP contribution in [0.5, 0.6) is 11.5 Å². The van der Waals surface area contributed by atoms with E-state index >= 15 is 0 Å². The van der Waals surface area contributed by atoms with E-state index < -0.39 is 89.0 Å². The Morgan fingerprint density at radius 3 is 1.81 bits per heavy atom. The lowest BCUT2D eigenvalue weighted by molar-refractivity contribution is -0.156. The molecule has 4 atom stereocenters. The Kier molecular flexibility index (Phi) is 16.4. The van der Waals surface area contributed by atoms with Crippen LogP contribution in [-0.4, -0.2) is 51.2 Å². The average Bonchev–Trinajstić information content (AvgIpc) is 3.68. The number of benzene rings is 4. The molecular formula is C43H41BrN2O16P2. The van der Waals surface area contributed by atoms with Gasteiger partial charge < -0.3 is 23.8 Å². The molecule has 0 aliphatic carbocycles. The quantitative estimate of drug-likeness (QED) is 0.0455. The normalized spacial score (nSPS) is 17.2. The highest BCUT2D eigenvalue weighted by atomic mass is 79.9. The molecule has 0 spiro atoms. The number of esters is 3. The maximum Gasteiger partial charge on any atom is 0.484 e. The Balaban J connectivity index is 1.16. The highest BCUT2D eigenvalue weighted by molar-refractivity contribution is 9.11. The van der Waals surface area contributed by atoms with E-state index in [1.54, 1.807) is 74.5 Å². The number of H-pyrrole nitrogens is 1. The van der Waals surface area contributed by atoms with E-state index in [9.17, 15) is 38.0 Å². The number of carbonyl (C=O) groups is 3.